The number of anilines is 4. The zero-order valence-electron chi connectivity index (χ0n) is 65.5. The van der Waals surface area contributed by atoms with Gasteiger partial charge in [-0.05, 0) is 160 Å². The number of nitrogens with one attached hydrogen (secondary N) is 2. The highest BCUT2D eigenvalue weighted by Gasteiger charge is 2.53. The summed E-state index contributed by atoms with van der Waals surface area (Å²) in [6.45, 7) is 34.9. The molecule has 1 fully saturated rings. The second-order valence-electron chi connectivity index (χ2n) is 32.4. The molecule has 11 heterocycles. The number of aliphatic hydroxyl groups is 1. The number of carbonyl (C=O) groups excluding carboxylic acids is 3. The Kier molecular flexibility index (Phi) is 22.9. The molecule has 24 nitrogen and oxygen atoms in total. The summed E-state index contributed by atoms with van der Waals surface area (Å²) < 4.78 is 75.2. The van der Waals surface area contributed by atoms with Crippen LogP contribution in [0.15, 0.2) is 128 Å². The van der Waals surface area contributed by atoms with Gasteiger partial charge in [-0.3, -0.25) is 23.1 Å². The zero-order chi connectivity index (χ0) is 80.5. The SMILES string of the molecule is CC1(C)OB(c2cc3n(c2)C(=O)N([C@H](CO[Si](C)(C)C(C)(C)C)c2ccc(F)c(Cl)c2)C3)OC1(C)C.Cc1cnc(Nc2ccnn2C)nc1-c1cc2n(c1)C(=O)N([C@H](CO)c1ccc(F)c(Cl)c1)C2.Cc1cnc(Nc2ccnn2C)nc1-c1cc2n(c1)C(=O)N([C@H](CO[Si](C)(C)C(C)(C)C)c1ccc(F)c(Cl)c1)C2. The van der Waals surface area contributed by atoms with E-state index in [1.807, 2.05) is 92.2 Å². The molecule has 33 heteroatoms. The van der Waals surface area contributed by atoms with Gasteiger partial charge in [-0.25, -0.2) is 47.5 Å². The molecule has 10 aromatic rings. The van der Waals surface area contributed by atoms with Gasteiger partial charge in [-0.15, -0.1) is 0 Å². The summed E-state index contributed by atoms with van der Waals surface area (Å²) in [6.07, 6.45) is 12.2. The predicted octanol–water partition coefficient (Wildman–Crippen LogP) is 17.2. The molecule has 3 atom stereocenters. The Morgan fingerprint density at radius 1 is 0.550 bits per heavy atom. The average Bonchev–Trinajstić information content (AvgIpc) is 1.61. The quantitative estimate of drug-likeness (QED) is 0.0601. The Hall–Kier alpha value is -8.95. The van der Waals surface area contributed by atoms with Crippen molar-refractivity contribution in [3.63, 3.8) is 0 Å². The van der Waals surface area contributed by atoms with Crippen LogP contribution in [0.2, 0.25) is 51.3 Å². The van der Waals surface area contributed by atoms with E-state index in [4.69, 9.17) is 57.9 Å². The van der Waals surface area contributed by atoms with E-state index in [1.54, 1.807) is 94.3 Å². The van der Waals surface area contributed by atoms with Gasteiger partial charge in [0.1, 0.15) is 29.1 Å². The fourth-order valence-corrected chi connectivity index (χ4v) is 15.4. The molecule has 4 aliphatic heterocycles. The van der Waals surface area contributed by atoms with Crippen LogP contribution in [0.4, 0.5) is 51.1 Å². The van der Waals surface area contributed by atoms with Crippen LogP contribution in [-0.4, -0.2) is 146 Å². The first-order chi connectivity index (χ1) is 52.0. The van der Waals surface area contributed by atoms with Crippen molar-refractivity contribution in [3.05, 3.63) is 206 Å². The average molecular weight is 1610 g/mol. The van der Waals surface area contributed by atoms with Crippen LogP contribution in [0.5, 0.6) is 0 Å². The minimum Gasteiger partial charge on any atom is -0.414 e. The minimum atomic E-state index is -2.13. The number of carbonyl (C=O) groups is 3. The van der Waals surface area contributed by atoms with Crippen LogP contribution >= 0.6 is 34.8 Å². The lowest BCUT2D eigenvalue weighted by molar-refractivity contribution is 0.00578. The number of benzene rings is 3. The third kappa shape index (κ3) is 16.8. The molecule has 0 radical (unpaired) electrons. The lowest BCUT2D eigenvalue weighted by Crippen LogP contribution is -2.44. The maximum atomic E-state index is 14.0. The third-order valence-corrected chi connectivity index (χ3v) is 32.2. The van der Waals surface area contributed by atoms with Crippen LogP contribution < -0.4 is 16.1 Å². The highest BCUT2D eigenvalue weighted by molar-refractivity contribution is 6.74. The number of halogens is 6. The van der Waals surface area contributed by atoms with Gasteiger partial charge in [-0.1, -0.05) is 94.5 Å². The molecule has 3 amide bonds. The summed E-state index contributed by atoms with van der Waals surface area (Å²) in [5.74, 6) is 0.814. The van der Waals surface area contributed by atoms with Crippen LogP contribution in [0, 0.1) is 31.3 Å². The first-order valence-corrected chi connectivity index (χ1v) is 43.3. The van der Waals surface area contributed by atoms with Crippen LogP contribution in [0.1, 0.15) is 132 Å². The largest absolute Gasteiger partial charge is 0.496 e. The van der Waals surface area contributed by atoms with Crippen molar-refractivity contribution in [2.75, 3.05) is 30.5 Å². The van der Waals surface area contributed by atoms with Crippen molar-refractivity contribution in [1.29, 1.82) is 0 Å². The molecule has 14 rings (SSSR count). The van der Waals surface area contributed by atoms with Gasteiger partial charge in [0, 0.05) is 90.9 Å². The van der Waals surface area contributed by atoms with Gasteiger partial charge in [0.25, 0.3) is 0 Å². The second-order valence-corrected chi connectivity index (χ2v) is 43.2. The molecule has 7 aromatic heterocycles. The van der Waals surface area contributed by atoms with Gasteiger partial charge < -0.3 is 48.6 Å². The third-order valence-electron chi connectivity index (χ3n) is 22.3. The number of hydrogen-bond donors (Lipinski definition) is 3. The Bertz CT molecular complexity index is 5170. The van der Waals surface area contributed by atoms with Gasteiger partial charge >= 0.3 is 25.2 Å². The maximum absolute atomic E-state index is 14.0. The van der Waals surface area contributed by atoms with Crippen molar-refractivity contribution in [1.82, 2.24) is 67.9 Å². The molecule has 3 aromatic carbocycles. The lowest BCUT2D eigenvalue weighted by Gasteiger charge is -2.38. The maximum Gasteiger partial charge on any atom is 0.496 e. The molecule has 4 aliphatic rings. The van der Waals surface area contributed by atoms with Crippen molar-refractivity contribution in [2.24, 2.45) is 14.1 Å². The predicted molar refractivity (Wildman–Crippen MR) is 428 cm³/mol. The van der Waals surface area contributed by atoms with E-state index in [-0.39, 0.29) is 63.0 Å². The van der Waals surface area contributed by atoms with E-state index in [1.165, 1.54) is 35.2 Å². The van der Waals surface area contributed by atoms with Gasteiger partial charge in [-0.2, -0.15) is 10.2 Å². The van der Waals surface area contributed by atoms with Gasteiger partial charge in [0.15, 0.2) is 16.6 Å². The van der Waals surface area contributed by atoms with Crippen molar-refractivity contribution in [3.8, 4) is 22.5 Å². The Morgan fingerprint density at radius 3 is 1.23 bits per heavy atom. The van der Waals surface area contributed by atoms with E-state index in [0.29, 0.717) is 42.9 Å². The molecule has 0 spiro atoms. The van der Waals surface area contributed by atoms with Gasteiger partial charge in [0.05, 0.1) is 108 Å². The molecule has 586 valence electrons. The van der Waals surface area contributed by atoms with Crippen molar-refractivity contribution >= 4 is 106 Å². The summed E-state index contributed by atoms with van der Waals surface area (Å²) in [7, 11) is -1.13. The number of aliphatic hydroxyl groups excluding tert-OH is 1. The topological polar surface area (TPSA) is 244 Å². The first kappa shape index (κ1) is 81.5. The monoisotopic (exact) mass is 1610 g/mol. The number of fused-ring (bicyclic) bond motifs is 3. The lowest BCUT2D eigenvalue weighted by atomic mass is 9.81. The molecule has 0 saturated carbocycles. The molecule has 0 bridgehead atoms. The van der Waals surface area contributed by atoms with Crippen LogP contribution in [-0.2, 0) is 51.9 Å². The number of nitrogens with zero attached hydrogens (tertiary/aromatic N) is 14. The second kappa shape index (κ2) is 31.2. The van der Waals surface area contributed by atoms with E-state index < -0.39 is 70.5 Å². The summed E-state index contributed by atoms with van der Waals surface area (Å²) in [5.41, 5.74) is 9.12. The highest BCUT2D eigenvalue weighted by atomic mass is 35.5. The minimum absolute atomic E-state index is 0.00691. The number of aromatic nitrogens is 11. The summed E-state index contributed by atoms with van der Waals surface area (Å²) in [5, 5.41) is 24.6. The Labute approximate surface area is 661 Å². The van der Waals surface area contributed by atoms with E-state index in [2.05, 4.69) is 104 Å². The van der Waals surface area contributed by atoms with Crippen LogP contribution in [0.3, 0.4) is 0 Å². The van der Waals surface area contributed by atoms with Crippen molar-refractivity contribution in [2.45, 2.75) is 168 Å². The van der Waals surface area contributed by atoms with Crippen LogP contribution in [0.25, 0.3) is 22.5 Å². The fourth-order valence-electron chi connectivity index (χ4n) is 12.8. The van der Waals surface area contributed by atoms with Crippen molar-refractivity contribution < 1.29 is 50.8 Å². The summed E-state index contributed by atoms with van der Waals surface area (Å²) >= 11 is 18.2. The molecule has 3 N–H and O–H groups in total. The van der Waals surface area contributed by atoms with E-state index >= 15 is 0 Å². The molecular formula is C78H93BCl3F3N16O8Si2. The molecule has 0 aliphatic carbocycles. The fraction of sp³-hybridized carbons (Fsp3) is 0.397. The van der Waals surface area contributed by atoms with E-state index in [0.717, 1.165) is 73.3 Å². The molecular weight excluding hydrogens is 1520 g/mol. The summed E-state index contributed by atoms with van der Waals surface area (Å²) in [4.78, 5) is 63.8. The Balaban J connectivity index is 0.000000155. The number of aryl methyl sites for hydroxylation is 4. The Morgan fingerprint density at radius 2 is 0.901 bits per heavy atom. The molecule has 0 unspecified atom stereocenters. The zero-order valence-corrected chi connectivity index (χ0v) is 69.8. The normalized spacial score (nSPS) is 16.2. The number of hydrogen-bond acceptors (Lipinski definition) is 16. The van der Waals surface area contributed by atoms with E-state index in [9.17, 15) is 32.7 Å². The summed E-state index contributed by atoms with van der Waals surface area (Å²) in [6, 6.07) is 20.7. The molecule has 111 heavy (non-hydrogen) atoms. The molecule has 1 saturated heterocycles. The smallest absolute Gasteiger partial charge is 0.414 e. The highest BCUT2D eigenvalue weighted by Crippen LogP contribution is 2.44. The standard InChI is InChI=1S/C29H35ClFN7O2Si.C26H37BClFN2O4Si.C23H21ClFN7O2/c1-18-14-32-27(34-25-10-11-33-36(25)5)35-26(18)20-12-21-16-38(28(39)37(21)15-20)24(17-40-41(6,7)29(2,3)4)19-8-9-23(31)22(30)13-19;1-24(2,3)36(8,9)33-16-22(17-10-11-21(29)20(28)12-17)31-15-19-13-18(14-30(19)23(31)32)27-34-25(4,5)26(6,7)35-27;1-13-9-26-22(28-20-5-6-27-30(20)2)29-21(13)15-7-16-11-32(23(34)31(16)10-15)19(12-33)14-3-4-18(25)17(24)8-14/h8-15,24H,16-17H2,1-7H3,(H,32,34,35);10-14,22H,15-16H2,1-9H3;3-10,19,33H,11-12H2,1-2H3,(H,26,28,29)/t24-;22-;19-/m111/s1. The van der Waals surface area contributed by atoms with Gasteiger partial charge in [0.2, 0.25) is 11.9 Å². The number of amides is 3. The number of rotatable bonds is 20. The first-order valence-electron chi connectivity index (χ1n) is 36.4.